The number of thiazole rings is 1. The van der Waals surface area contributed by atoms with Gasteiger partial charge in [0.2, 0.25) is 15.1 Å². The zero-order valence-electron chi connectivity index (χ0n) is 14.3. The quantitative estimate of drug-likeness (QED) is 0.290. The van der Waals surface area contributed by atoms with Crippen molar-refractivity contribution in [1.82, 2.24) is 4.98 Å². The van der Waals surface area contributed by atoms with Gasteiger partial charge in [-0.05, 0) is 12.0 Å². The van der Waals surface area contributed by atoms with Crippen LogP contribution >= 0.6 is 11.3 Å². The number of nitro groups is 1. The van der Waals surface area contributed by atoms with E-state index in [0.717, 1.165) is 11.3 Å². The molecule has 1 aromatic carbocycles. The molecule has 9 nitrogen and oxygen atoms in total. The normalized spacial score (nSPS) is 12.2. The Morgan fingerprint density at radius 3 is 2.67 bits per heavy atom. The predicted molar refractivity (Wildman–Crippen MR) is 101 cm³/mol. The van der Waals surface area contributed by atoms with Gasteiger partial charge in [0.1, 0.15) is 5.25 Å². The summed E-state index contributed by atoms with van der Waals surface area (Å²) in [6, 6.07) is 5.14. The number of hydrogen-bond donors (Lipinski definition) is 1. The second-order valence-corrected chi connectivity index (χ2v) is 8.16. The molecule has 1 N–H and O–H groups in total. The number of benzene rings is 1. The molecule has 1 atom stereocenters. The molecule has 144 valence electrons. The molecule has 0 aliphatic heterocycles. The fourth-order valence-electron chi connectivity index (χ4n) is 2.13. The van der Waals surface area contributed by atoms with Crippen LogP contribution < -0.4 is 9.46 Å². The van der Waals surface area contributed by atoms with Crippen LogP contribution in [-0.4, -0.2) is 24.3 Å². The Hall–Kier alpha value is -2.79. The number of carbonyl (C=O) groups is 1. The van der Waals surface area contributed by atoms with E-state index in [9.17, 15) is 23.3 Å². The highest BCUT2D eigenvalue weighted by Gasteiger charge is 2.26. The zero-order chi connectivity index (χ0) is 20.0. The minimum Gasteiger partial charge on any atom is -0.414 e. The third kappa shape index (κ3) is 5.34. The first-order chi connectivity index (χ1) is 12.8. The van der Waals surface area contributed by atoms with Crippen molar-refractivity contribution < 1.29 is 22.9 Å². The summed E-state index contributed by atoms with van der Waals surface area (Å²) in [5.74, 6) is -0.426. The summed E-state index contributed by atoms with van der Waals surface area (Å²) in [5, 5.41) is 9.78. The van der Waals surface area contributed by atoms with Gasteiger partial charge in [0.05, 0.1) is 11.1 Å². The summed E-state index contributed by atoms with van der Waals surface area (Å²) >= 11 is 0.875. The molecule has 1 unspecified atom stereocenters. The van der Waals surface area contributed by atoms with Crippen molar-refractivity contribution in [2.45, 2.75) is 25.0 Å². The third-order valence-corrected chi connectivity index (χ3v) is 5.89. The number of aromatic nitrogens is 1. The second-order valence-electron chi connectivity index (χ2n) is 5.36. The van der Waals surface area contributed by atoms with Gasteiger partial charge in [0.15, 0.2) is 5.13 Å². The number of nitrogens with zero attached hydrogens (tertiary/aromatic N) is 2. The minimum absolute atomic E-state index is 0.0306. The number of carbonyl (C=O) groups excluding carboxylic acids is 1. The highest BCUT2D eigenvalue weighted by molar-refractivity contribution is 7.93. The Balaban J connectivity index is 2.16. The molecule has 0 bridgehead atoms. The van der Waals surface area contributed by atoms with Crippen LogP contribution in [0.3, 0.4) is 0 Å². The maximum atomic E-state index is 12.6. The van der Waals surface area contributed by atoms with Gasteiger partial charge in [-0.1, -0.05) is 36.5 Å². The van der Waals surface area contributed by atoms with Crippen LogP contribution in [0.1, 0.15) is 30.6 Å². The van der Waals surface area contributed by atoms with Gasteiger partial charge >= 0.3 is 5.97 Å². The first-order valence-corrected chi connectivity index (χ1v) is 10.2. The number of sulfonamides is 1. The Kier molecular flexibility index (Phi) is 6.64. The molecule has 0 aliphatic rings. The Bertz CT molecular complexity index is 937. The van der Waals surface area contributed by atoms with E-state index in [1.54, 1.807) is 0 Å². The van der Waals surface area contributed by atoms with Crippen LogP contribution in [0.2, 0.25) is 0 Å². The van der Waals surface area contributed by atoms with Crippen LogP contribution in [0.4, 0.5) is 10.8 Å². The van der Waals surface area contributed by atoms with Crippen molar-refractivity contribution in [2.24, 2.45) is 0 Å². The van der Waals surface area contributed by atoms with Gasteiger partial charge in [-0.3, -0.25) is 19.6 Å². The number of rotatable bonds is 9. The smallest absolute Gasteiger partial charge is 0.312 e. The van der Waals surface area contributed by atoms with Crippen LogP contribution in [0.25, 0.3) is 0 Å². The molecule has 27 heavy (non-hydrogen) atoms. The summed E-state index contributed by atoms with van der Waals surface area (Å²) in [6.45, 7) is 5.36. The topological polar surface area (TPSA) is 128 Å². The summed E-state index contributed by atoms with van der Waals surface area (Å²) in [7, 11) is -3.97. The molecule has 2 aromatic rings. The van der Waals surface area contributed by atoms with Gasteiger partial charge < -0.3 is 4.74 Å². The lowest BCUT2D eigenvalue weighted by Gasteiger charge is -2.14. The van der Waals surface area contributed by atoms with E-state index in [-0.39, 0.29) is 22.3 Å². The molecule has 0 spiro atoms. The zero-order valence-corrected chi connectivity index (χ0v) is 16.0. The lowest BCUT2D eigenvalue weighted by atomic mass is 10.1. The molecule has 0 saturated carbocycles. The Labute approximate surface area is 159 Å². The molecule has 0 fully saturated rings. The van der Waals surface area contributed by atoms with Crippen LogP contribution in [0.15, 0.2) is 43.1 Å². The number of anilines is 1. The van der Waals surface area contributed by atoms with Gasteiger partial charge in [0, 0.05) is 18.6 Å². The number of esters is 1. The fraction of sp³-hybridized carbons (Fsp3) is 0.250. The number of nitrogens with one attached hydrogen (secondary N) is 1. The van der Waals surface area contributed by atoms with Crippen molar-refractivity contribution in [3.05, 3.63) is 58.8 Å². The lowest BCUT2D eigenvalue weighted by molar-refractivity contribution is -0.384. The standard InChI is InChI=1S/C16H17N3O6S2/c1-3-5-14(20)25-15-10-17-16(26-15)18-27(23,24)13(4-2)11-6-8-12(9-7-11)19(21)22/h4,6-10,13H,2-3,5H2,1H3,(H,17,18). The van der Waals surface area contributed by atoms with Crippen molar-refractivity contribution in [3.63, 3.8) is 0 Å². The van der Waals surface area contributed by atoms with Gasteiger partial charge in [-0.15, -0.1) is 6.58 Å². The molecule has 0 amide bonds. The van der Waals surface area contributed by atoms with E-state index in [4.69, 9.17) is 4.74 Å². The van der Waals surface area contributed by atoms with E-state index in [2.05, 4.69) is 16.3 Å². The fourth-order valence-corrected chi connectivity index (χ4v) is 4.38. The summed E-state index contributed by atoms with van der Waals surface area (Å²) < 4.78 is 32.6. The van der Waals surface area contributed by atoms with E-state index in [1.165, 1.54) is 36.5 Å². The molecule has 11 heteroatoms. The van der Waals surface area contributed by atoms with Crippen molar-refractivity contribution in [2.75, 3.05) is 4.72 Å². The van der Waals surface area contributed by atoms with Crippen LogP contribution in [0, 0.1) is 10.1 Å². The van der Waals surface area contributed by atoms with E-state index in [0.29, 0.717) is 12.0 Å². The van der Waals surface area contributed by atoms with Crippen LogP contribution in [0.5, 0.6) is 5.06 Å². The first-order valence-electron chi connectivity index (χ1n) is 7.82. The molecular weight excluding hydrogens is 394 g/mol. The molecule has 1 aromatic heterocycles. The van der Waals surface area contributed by atoms with Crippen molar-refractivity contribution >= 4 is 38.1 Å². The highest BCUT2D eigenvalue weighted by atomic mass is 32.2. The molecule has 0 radical (unpaired) electrons. The van der Waals surface area contributed by atoms with Crippen molar-refractivity contribution in [3.8, 4) is 5.06 Å². The molecule has 2 rings (SSSR count). The average Bonchev–Trinajstić information content (AvgIpc) is 3.01. The average molecular weight is 411 g/mol. The van der Waals surface area contributed by atoms with Crippen LogP contribution in [-0.2, 0) is 14.8 Å². The van der Waals surface area contributed by atoms with Crippen molar-refractivity contribution in [1.29, 1.82) is 0 Å². The molecular formula is C16H17N3O6S2. The lowest BCUT2D eigenvalue weighted by Crippen LogP contribution is -2.19. The SMILES string of the molecule is C=CC(c1ccc([N+](=O)[O-])cc1)S(=O)(=O)Nc1ncc(OC(=O)CCC)s1. The minimum atomic E-state index is -3.97. The van der Waals surface area contributed by atoms with E-state index >= 15 is 0 Å². The van der Waals surface area contributed by atoms with Gasteiger partial charge in [-0.2, -0.15) is 0 Å². The summed E-state index contributed by atoms with van der Waals surface area (Å²) in [6.07, 6.45) is 3.34. The highest BCUT2D eigenvalue weighted by Crippen LogP contribution is 2.31. The number of hydrogen-bond acceptors (Lipinski definition) is 8. The summed E-state index contributed by atoms with van der Waals surface area (Å²) in [4.78, 5) is 25.5. The molecule has 0 saturated heterocycles. The first kappa shape index (κ1) is 20.5. The number of nitro benzene ring substituents is 1. The maximum absolute atomic E-state index is 12.6. The Morgan fingerprint density at radius 1 is 1.44 bits per heavy atom. The maximum Gasteiger partial charge on any atom is 0.312 e. The molecule has 1 heterocycles. The third-order valence-electron chi connectivity index (χ3n) is 3.36. The molecule has 0 aliphatic carbocycles. The largest absolute Gasteiger partial charge is 0.414 e. The van der Waals surface area contributed by atoms with E-state index < -0.39 is 26.2 Å². The monoisotopic (exact) mass is 411 g/mol. The number of ether oxygens (including phenoxy) is 1. The van der Waals surface area contributed by atoms with Gasteiger partial charge in [-0.25, -0.2) is 13.4 Å². The second kappa shape index (κ2) is 8.73. The number of non-ortho nitro benzene ring substituents is 1. The Morgan fingerprint density at radius 2 is 2.11 bits per heavy atom. The van der Waals surface area contributed by atoms with Gasteiger partial charge in [0.25, 0.3) is 5.69 Å². The predicted octanol–water partition coefficient (Wildman–Crippen LogP) is 3.43. The summed E-state index contributed by atoms with van der Waals surface area (Å²) in [5.41, 5.74) is 0.166. The van der Waals surface area contributed by atoms with E-state index in [1.807, 2.05) is 6.92 Å².